The molecule has 4 heteroatoms. The molecule has 4 nitrogen and oxygen atoms in total. The largest absolute Gasteiger partial charge is 0.450 e. The lowest BCUT2D eigenvalue weighted by Crippen LogP contribution is -2.64. The van der Waals surface area contributed by atoms with E-state index in [9.17, 15) is 9.59 Å². The first-order chi connectivity index (χ1) is 13.6. The van der Waals surface area contributed by atoms with Gasteiger partial charge in [-0.15, -0.1) is 0 Å². The fraction of sp³-hybridized carbons (Fsp3) is 0.667. The number of unbranched alkanes of at least 4 members (excludes halogenated alkanes) is 1. The molecule has 4 aliphatic carbocycles. The molecule has 0 amide bonds. The Morgan fingerprint density at radius 3 is 2.89 bits per heavy atom. The molecule has 4 fully saturated rings. The standard InChI is InChI=1S/C24H30O4/c1-3-5-11-20-23-13-12-15(14-18(23)22(26)27-20)24(19(23)8-4-2)17-10-7-6-9-16(17)21(25)28-24/h6,9,11,15,18-19H,3-5,7-8,10,12-14H2,1-2H3/b20-11-/t15-,18?,19-,23-,24+/m1/s1. The number of cyclic esters (lactones) is 1. The second kappa shape index (κ2) is 6.33. The summed E-state index contributed by atoms with van der Waals surface area (Å²) in [6, 6.07) is 0. The number of hydrogen-bond donors (Lipinski definition) is 0. The van der Waals surface area contributed by atoms with Crippen LogP contribution >= 0.6 is 0 Å². The number of rotatable bonds is 4. The van der Waals surface area contributed by atoms with E-state index in [-0.39, 0.29) is 35.1 Å². The van der Waals surface area contributed by atoms with E-state index in [0.717, 1.165) is 69.1 Å². The van der Waals surface area contributed by atoms with Crippen LogP contribution in [0.4, 0.5) is 0 Å². The summed E-state index contributed by atoms with van der Waals surface area (Å²) in [5.41, 5.74) is 1.19. The molecular weight excluding hydrogens is 352 g/mol. The van der Waals surface area contributed by atoms with E-state index < -0.39 is 5.60 Å². The zero-order valence-electron chi connectivity index (χ0n) is 17.0. The van der Waals surface area contributed by atoms with Gasteiger partial charge in [0.05, 0.1) is 11.5 Å². The summed E-state index contributed by atoms with van der Waals surface area (Å²) in [7, 11) is 0. The molecule has 6 aliphatic rings. The number of allylic oxidation sites excluding steroid dienone is 3. The molecule has 0 N–H and O–H groups in total. The highest BCUT2D eigenvalue weighted by molar-refractivity contribution is 5.97. The van der Waals surface area contributed by atoms with Gasteiger partial charge in [0.1, 0.15) is 11.4 Å². The quantitative estimate of drug-likeness (QED) is 0.642. The maximum atomic E-state index is 12.9. The third-order valence-electron chi connectivity index (χ3n) is 8.07. The molecule has 28 heavy (non-hydrogen) atoms. The smallest absolute Gasteiger partial charge is 0.339 e. The van der Waals surface area contributed by atoms with Crippen LogP contribution in [0.1, 0.15) is 71.6 Å². The summed E-state index contributed by atoms with van der Waals surface area (Å²) in [5, 5.41) is 0. The average molecular weight is 383 g/mol. The number of carbonyl (C=O) groups excluding carboxylic acids is 2. The van der Waals surface area contributed by atoms with Crippen LogP contribution in [0.25, 0.3) is 0 Å². The van der Waals surface area contributed by atoms with E-state index in [0.29, 0.717) is 0 Å². The van der Waals surface area contributed by atoms with E-state index in [1.165, 1.54) is 5.57 Å². The highest BCUT2D eigenvalue weighted by Gasteiger charge is 2.74. The summed E-state index contributed by atoms with van der Waals surface area (Å²) in [6.45, 7) is 4.34. The summed E-state index contributed by atoms with van der Waals surface area (Å²) >= 11 is 0. The van der Waals surface area contributed by atoms with Crippen molar-refractivity contribution in [1.29, 1.82) is 0 Å². The molecule has 0 radical (unpaired) electrons. The minimum Gasteiger partial charge on any atom is -0.450 e. The molecule has 3 saturated carbocycles. The zero-order chi connectivity index (χ0) is 19.5. The first kappa shape index (κ1) is 18.2. The SMILES string of the molecule is CCC/C=C1\OC(=O)C2C[C@H]3CC[C@@]12[C@@H](CCC)[C@]31OC(=O)C2=C1CCC=C2. The monoisotopic (exact) mass is 382 g/mol. The van der Waals surface area contributed by atoms with Gasteiger partial charge in [-0.2, -0.15) is 0 Å². The Bertz CT molecular complexity index is 818. The van der Waals surface area contributed by atoms with Crippen LogP contribution in [-0.4, -0.2) is 17.5 Å². The minimum atomic E-state index is -0.527. The molecule has 2 aliphatic heterocycles. The second-order valence-electron chi connectivity index (χ2n) is 9.20. The molecule has 2 spiro atoms. The third kappa shape index (κ3) is 2.07. The van der Waals surface area contributed by atoms with Gasteiger partial charge >= 0.3 is 11.9 Å². The molecular formula is C24H30O4. The Morgan fingerprint density at radius 2 is 2.11 bits per heavy atom. The van der Waals surface area contributed by atoms with Crippen molar-refractivity contribution in [2.75, 3.05) is 0 Å². The molecule has 6 rings (SSSR count). The van der Waals surface area contributed by atoms with Crippen LogP contribution in [-0.2, 0) is 19.1 Å². The summed E-state index contributed by atoms with van der Waals surface area (Å²) < 4.78 is 12.3. The fourth-order valence-electron chi connectivity index (χ4n) is 7.13. The molecule has 2 bridgehead atoms. The van der Waals surface area contributed by atoms with Crippen LogP contribution < -0.4 is 0 Å². The molecule has 150 valence electrons. The van der Waals surface area contributed by atoms with Crippen molar-refractivity contribution < 1.29 is 19.1 Å². The normalized spacial score (nSPS) is 42.2. The van der Waals surface area contributed by atoms with Crippen LogP contribution in [0.3, 0.4) is 0 Å². The van der Waals surface area contributed by atoms with Crippen molar-refractivity contribution in [3.8, 4) is 0 Å². The molecule has 5 atom stereocenters. The Kier molecular flexibility index (Phi) is 4.12. The van der Waals surface area contributed by atoms with Crippen LogP contribution in [0.2, 0.25) is 0 Å². The Morgan fingerprint density at radius 1 is 1.25 bits per heavy atom. The first-order valence-electron chi connectivity index (χ1n) is 11.1. The lowest BCUT2D eigenvalue weighted by Gasteiger charge is -2.61. The fourth-order valence-corrected chi connectivity index (χ4v) is 7.13. The van der Waals surface area contributed by atoms with Crippen molar-refractivity contribution in [3.05, 3.63) is 35.1 Å². The van der Waals surface area contributed by atoms with Gasteiger partial charge in [-0.25, -0.2) is 4.79 Å². The maximum absolute atomic E-state index is 12.9. The Hall–Kier alpha value is -1.84. The van der Waals surface area contributed by atoms with Gasteiger partial charge in [0.15, 0.2) is 0 Å². The first-order valence-corrected chi connectivity index (χ1v) is 11.1. The lowest BCUT2D eigenvalue weighted by molar-refractivity contribution is -0.198. The van der Waals surface area contributed by atoms with Gasteiger partial charge in [0.25, 0.3) is 0 Å². The van der Waals surface area contributed by atoms with Crippen molar-refractivity contribution in [3.63, 3.8) is 0 Å². The van der Waals surface area contributed by atoms with Gasteiger partial charge in [0, 0.05) is 17.3 Å². The maximum Gasteiger partial charge on any atom is 0.339 e. The topological polar surface area (TPSA) is 52.6 Å². The zero-order valence-corrected chi connectivity index (χ0v) is 17.0. The number of ether oxygens (including phenoxy) is 2. The summed E-state index contributed by atoms with van der Waals surface area (Å²) in [6.07, 6.45) is 14.8. The molecule has 1 unspecified atom stereocenters. The Balaban J connectivity index is 1.70. The van der Waals surface area contributed by atoms with Gasteiger partial charge in [-0.3, -0.25) is 4.79 Å². The van der Waals surface area contributed by atoms with Crippen molar-refractivity contribution in [2.24, 2.45) is 23.2 Å². The molecule has 0 aromatic rings. The van der Waals surface area contributed by atoms with Crippen LogP contribution in [0.15, 0.2) is 35.1 Å². The van der Waals surface area contributed by atoms with E-state index in [4.69, 9.17) is 9.47 Å². The van der Waals surface area contributed by atoms with E-state index >= 15 is 0 Å². The van der Waals surface area contributed by atoms with Crippen molar-refractivity contribution >= 4 is 11.9 Å². The average Bonchev–Trinajstić information content (AvgIpc) is 3.16. The molecule has 1 saturated heterocycles. The second-order valence-corrected chi connectivity index (χ2v) is 9.20. The molecule has 0 aromatic carbocycles. The van der Waals surface area contributed by atoms with Gasteiger partial charge in [-0.05, 0) is 56.6 Å². The predicted molar refractivity (Wildman–Crippen MR) is 105 cm³/mol. The lowest BCUT2D eigenvalue weighted by atomic mass is 9.42. The summed E-state index contributed by atoms with van der Waals surface area (Å²) in [4.78, 5) is 25.7. The van der Waals surface area contributed by atoms with Crippen molar-refractivity contribution in [1.82, 2.24) is 0 Å². The molecule has 2 heterocycles. The molecule has 0 aromatic heterocycles. The summed E-state index contributed by atoms with van der Waals surface area (Å²) in [5.74, 6) is 0.981. The number of hydrogen-bond acceptors (Lipinski definition) is 4. The third-order valence-corrected chi connectivity index (χ3v) is 8.07. The van der Waals surface area contributed by atoms with E-state index in [2.05, 4.69) is 26.0 Å². The highest BCUT2D eigenvalue weighted by Crippen LogP contribution is 2.72. The van der Waals surface area contributed by atoms with E-state index in [1.54, 1.807) is 0 Å². The predicted octanol–water partition coefficient (Wildman–Crippen LogP) is 5.00. The van der Waals surface area contributed by atoms with Gasteiger partial charge in [-0.1, -0.05) is 38.8 Å². The van der Waals surface area contributed by atoms with E-state index in [1.807, 2.05) is 6.08 Å². The Labute approximate surface area is 167 Å². The van der Waals surface area contributed by atoms with Gasteiger partial charge < -0.3 is 9.47 Å². The van der Waals surface area contributed by atoms with Crippen LogP contribution in [0.5, 0.6) is 0 Å². The number of fused-ring (bicyclic) bond motifs is 1. The highest BCUT2D eigenvalue weighted by atomic mass is 16.6. The number of esters is 2. The minimum absolute atomic E-state index is 0.0509. The van der Waals surface area contributed by atoms with Crippen molar-refractivity contribution in [2.45, 2.75) is 77.2 Å². The number of carbonyl (C=O) groups is 2. The van der Waals surface area contributed by atoms with Crippen LogP contribution in [0, 0.1) is 23.2 Å². The van der Waals surface area contributed by atoms with Gasteiger partial charge in [0.2, 0.25) is 0 Å².